The van der Waals surface area contributed by atoms with Gasteiger partial charge in [0, 0.05) is 23.8 Å². The average Bonchev–Trinajstić information content (AvgIpc) is 2.93. The predicted octanol–water partition coefficient (Wildman–Crippen LogP) is 3.67. The molecule has 0 aliphatic rings. The number of aromatic nitrogens is 1. The van der Waals surface area contributed by atoms with Gasteiger partial charge < -0.3 is 9.73 Å². The number of aryl methyl sites for hydroxylation is 1. The zero-order chi connectivity index (χ0) is 13.9. The van der Waals surface area contributed by atoms with E-state index in [9.17, 15) is 0 Å². The molecule has 4 heteroatoms. The molecule has 19 heavy (non-hydrogen) atoms. The van der Waals surface area contributed by atoms with Gasteiger partial charge in [-0.25, -0.2) is 4.98 Å². The minimum Gasteiger partial charge on any atom is -0.465 e. The normalized spacial score (nSPS) is 12.0. The van der Waals surface area contributed by atoms with Crippen molar-refractivity contribution < 1.29 is 4.42 Å². The van der Waals surface area contributed by atoms with Gasteiger partial charge >= 0.3 is 0 Å². The molecule has 2 rings (SSSR count). The molecule has 0 aliphatic carbocycles. The third kappa shape index (κ3) is 4.18. The molecule has 3 nitrogen and oxygen atoms in total. The number of thiazole rings is 1. The molecule has 2 aromatic rings. The standard InChI is InChI=1S/C15H22N2OS/c1-11-5-6-12(18-11)9-16-8-7-14-17-13(10-19-14)15(2,3)4/h5-6,10,16H,7-9H2,1-4H3. The minimum absolute atomic E-state index is 0.147. The Morgan fingerprint density at radius 3 is 2.68 bits per heavy atom. The molecule has 0 fully saturated rings. The van der Waals surface area contributed by atoms with Crippen molar-refractivity contribution in [2.24, 2.45) is 0 Å². The van der Waals surface area contributed by atoms with E-state index in [1.165, 1.54) is 10.7 Å². The summed E-state index contributed by atoms with van der Waals surface area (Å²) in [6, 6.07) is 4.01. The Morgan fingerprint density at radius 2 is 2.11 bits per heavy atom. The lowest BCUT2D eigenvalue weighted by Crippen LogP contribution is -2.16. The summed E-state index contributed by atoms with van der Waals surface area (Å²) in [5.74, 6) is 1.96. The van der Waals surface area contributed by atoms with E-state index >= 15 is 0 Å². The van der Waals surface area contributed by atoms with Crippen LogP contribution in [0.15, 0.2) is 21.9 Å². The van der Waals surface area contributed by atoms with E-state index in [1.807, 2.05) is 19.1 Å². The molecule has 0 amide bonds. The first-order valence-electron chi connectivity index (χ1n) is 6.66. The second-order valence-electron chi connectivity index (χ2n) is 5.82. The highest BCUT2D eigenvalue weighted by atomic mass is 32.1. The van der Waals surface area contributed by atoms with Crippen molar-refractivity contribution in [3.05, 3.63) is 39.7 Å². The Balaban J connectivity index is 1.75. The predicted molar refractivity (Wildman–Crippen MR) is 79.7 cm³/mol. The number of nitrogens with one attached hydrogen (secondary N) is 1. The first kappa shape index (κ1) is 14.3. The number of rotatable bonds is 5. The van der Waals surface area contributed by atoms with E-state index in [2.05, 4.69) is 36.5 Å². The Kier molecular flexibility index (Phi) is 4.42. The molecular formula is C15H22N2OS. The van der Waals surface area contributed by atoms with Gasteiger partial charge in [0.15, 0.2) is 0 Å². The fourth-order valence-corrected chi connectivity index (χ4v) is 2.78. The van der Waals surface area contributed by atoms with Crippen LogP contribution in [0.5, 0.6) is 0 Å². The van der Waals surface area contributed by atoms with Crippen molar-refractivity contribution in [3.63, 3.8) is 0 Å². The van der Waals surface area contributed by atoms with E-state index < -0.39 is 0 Å². The van der Waals surface area contributed by atoms with Crippen LogP contribution in [-0.2, 0) is 18.4 Å². The summed E-state index contributed by atoms with van der Waals surface area (Å²) in [6.07, 6.45) is 0.973. The second kappa shape index (κ2) is 5.88. The molecule has 0 spiro atoms. The zero-order valence-electron chi connectivity index (χ0n) is 12.1. The van der Waals surface area contributed by atoms with Gasteiger partial charge in [-0.15, -0.1) is 11.3 Å². The van der Waals surface area contributed by atoms with Crippen molar-refractivity contribution in [2.75, 3.05) is 6.54 Å². The van der Waals surface area contributed by atoms with E-state index in [0.717, 1.165) is 31.0 Å². The maximum atomic E-state index is 5.51. The van der Waals surface area contributed by atoms with Crippen LogP contribution in [0.3, 0.4) is 0 Å². The minimum atomic E-state index is 0.147. The van der Waals surface area contributed by atoms with Crippen LogP contribution in [0.1, 0.15) is 43.0 Å². The number of hydrogen-bond acceptors (Lipinski definition) is 4. The van der Waals surface area contributed by atoms with Crippen molar-refractivity contribution in [1.82, 2.24) is 10.3 Å². The van der Waals surface area contributed by atoms with Crippen LogP contribution >= 0.6 is 11.3 Å². The third-order valence-electron chi connectivity index (χ3n) is 2.93. The molecule has 0 saturated heterocycles. The quantitative estimate of drug-likeness (QED) is 0.848. The maximum absolute atomic E-state index is 5.51. The monoisotopic (exact) mass is 278 g/mol. The van der Waals surface area contributed by atoms with Crippen LogP contribution in [0.2, 0.25) is 0 Å². The number of furan rings is 1. The second-order valence-corrected chi connectivity index (χ2v) is 6.76. The first-order chi connectivity index (χ1) is 8.95. The first-order valence-corrected chi connectivity index (χ1v) is 7.54. The Hall–Kier alpha value is -1.13. The summed E-state index contributed by atoms with van der Waals surface area (Å²) in [5.41, 5.74) is 1.34. The number of hydrogen-bond donors (Lipinski definition) is 1. The van der Waals surface area contributed by atoms with Crippen LogP contribution in [-0.4, -0.2) is 11.5 Å². The number of nitrogens with zero attached hydrogens (tertiary/aromatic N) is 1. The lowest BCUT2D eigenvalue weighted by atomic mass is 9.93. The summed E-state index contributed by atoms with van der Waals surface area (Å²) in [5, 5.41) is 6.76. The Bertz CT molecular complexity index is 522. The average molecular weight is 278 g/mol. The fraction of sp³-hybridized carbons (Fsp3) is 0.533. The lowest BCUT2D eigenvalue weighted by molar-refractivity contribution is 0.462. The van der Waals surface area contributed by atoms with Crippen LogP contribution in [0, 0.1) is 6.92 Å². The van der Waals surface area contributed by atoms with E-state index in [0.29, 0.717) is 0 Å². The van der Waals surface area contributed by atoms with Gasteiger partial charge in [-0.3, -0.25) is 0 Å². The smallest absolute Gasteiger partial charge is 0.117 e. The Morgan fingerprint density at radius 1 is 1.32 bits per heavy atom. The summed E-state index contributed by atoms with van der Waals surface area (Å²) in [4.78, 5) is 4.69. The molecule has 2 aromatic heterocycles. The summed E-state index contributed by atoms with van der Waals surface area (Å²) >= 11 is 1.75. The Labute approximate surface area is 119 Å². The van der Waals surface area contributed by atoms with E-state index in [4.69, 9.17) is 4.42 Å². The lowest BCUT2D eigenvalue weighted by Gasteiger charge is -2.14. The summed E-state index contributed by atoms with van der Waals surface area (Å²) in [6.45, 7) is 10.3. The van der Waals surface area contributed by atoms with Gasteiger partial charge in [-0.1, -0.05) is 20.8 Å². The van der Waals surface area contributed by atoms with Gasteiger partial charge in [-0.05, 0) is 19.1 Å². The molecule has 2 heterocycles. The largest absolute Gasteiger partial charge is 0.465 e. The summed E-state index contributed by atoms with van der Waals surface area (Å²) < 4.78 is 5.51. The SMILES string of the molecule is Cc1ccc(CNCCc2nc(C(C)(C)C)cs2)o1. The van der Waals surface area contributed by atoms with E-state index in [-0.39, 0.29) is 5.41 Å². The van der Waals surface area contributed by atoms with Gasteiger partial charge in [0.05, 0.1) is 17.2 Å². The van der Waals surface area contributed by atoms with Crippen molar-refractivity contribution >= 4 is 11.3 Å². The van der Waals surface area contributed by atoms with Crippen LogP contribution in [0.25, 0.3) is 0 Å². The molecule has 0 aromatic carbocycles. The molecule has 0 atom stereocenters. The van der Waals surface area contributed by atoms with Crippen LogP contribution < -0.4 is 5.32 Å². The fourth-order valence-electron chi connectivity index (χ4n) is 1.76. The molecule has 0 aliphatic heterocycles. The van der Waals surface area contributed by atoms with Crippen molar-refractivity contribution in [1.29, 1.82) is 0 Å². The molecule has 104 valence electrons. The van der Waals surface area contributed by atoms with Crippen LogP contribution in [0.4, 0.5) is 0 Å². The highest BCUT2D eigenvalue weighted by molar-refractivity contribution is 7.09. The van der Waals surface area contributed by atoms with Gasteiger partial charge in [0.1, 0.15) is 11.5 Å². The van der Waals surface area contributed by atoms with Gasteiger partial charge in [0.25, 0.3) is 0 Å². The van der Waals surface area contributed by atoms with E-state index in [1.54, 1.807) is 11.3 Å². The summed E-state index contributed by atoms with van der Waals surface area (Å²) in [7, 11) is 0. The van der Waals surface area contributed by atoms with Gasteiger partial charge in [-0.2, -0.15) is 0 Å². The van der Waals surface area contributed by atoms with Gasteiger partial charge in [0.2, 0.25) is 0 Å². The molecule has 0 saturated carbocycles. The topological polar surface area (TPSA) is 38.1 Å². The molecule has 0 radical (unpaired) electrons. The highest BCUT2D eigenvalue weighted by Gasteiger charge is 2.17. The molecular weight excluding hydrogens is 256 g/mol. The molecule has 1 N–H and O–H groups in total. The van der Waals surface area contributed by atoms with Crippen molar-refractivity contribution in [2.45, 2.75) is 46.1 Å². The zero-order valence-corrected chi connectivity index (χ0v) is 12.9. The molecule has 0 unspecified atom stereocenters. The van der Waals surface area contributed by atoms with Crippen molar-refractivity contribution in [3.8, 4) is 0 Å². The highest BCUT2D eigenvalue weighted by Crippen LogP contribution is 2.23. The maximum Gasteiger partial charge on any atom is 0.117 e. The third-order valence-corrected chi connectivity index (χ3v) is 3.84. The molecule has 0 bridgehead atoms.